The molecule has 1 aliphatic rings. The average molecular weight is 268 g/mol. The molecule has 4 nitrogen and oxygen atoms in total. The van der Waals surface area contributed by atoms with Crippen molar-refractivity contribution in [2.75, 3.05) is 20.3 Å². The molecule has 0 bridgehead atoms. The van der Waals surface area contributed by atoms with Gasteiger partial charge in [-0.2, -0.15) is 0 Å². The van der Waals surface area contributed by atoms with E-state index in [2.05, 4.69) is 4.74 Å². The van der Waals surface area contributed by atoms with Crippen LogP contribution in [0.5, 0.6) is 11.5 Å². The van der Waals surface area contributed by atoms with Gasteiger partial charge < -0.3 is 14.2 Å². The van der Waals surface area contributed by atoms with Crippen molar-refractivity contribution in [3.63, 3.8) is 0 Å². The van der Waals surface area contributed by atoms with Crippen LogP contribution in [0.4, 0.5) is 0 Å². The van der Waals surface area contributed by atoms with Crippen LogP contribution >= 0.6 is 11.8 Å². The standard InChI is InChI=1S/C13H16O4S/c1-9(7-13(14)15-2)18-10-3-4-11-12(8-10)17-6-5-16-11/h3-4,8-9H,5-7H2,1-2H3. The molecular weight excluding hydrogens is 252 g/mol. The van der Waals surface area contributed by atoms with Gasteiger partial charge in [0.05, 0.1) is 13.5 Å². The number of methoxy groups -OCH3 is 1. The van der Waals surface area contributed by atoms with Crippen LogP contribution in [-0.2, 0) is 9.53 Å². The minimum absolute atomic E-state index is 0.167. The second-order valence-corrected chi connectivity index (χ2v) is 5.53. The Labute approximate surface area is 111 Å². The zero-order valence-electron chi connectivity index (χ0n) is 10.5. The van der Waals surface area contributed by atoms with E-state index in [1.54, 1.807) is 11.8 Å². The highest BCUT2D eigenvalue weighted by molar-refractivity contribution is 8.00. The van der Waals surface area contributed by atoms with Crippen LogP contribution in [0.15, 0.2) is 23.1 Å². The van der Waals surface area contributed by atoms with Gasteiger partial charge in [-0.1, -0.05) is 6.92 Å². The molecule has 1 aromatic rings. The van der Waals surface area contributed by atoms with E-state index in [9.17, 15) is 4.79 Å². The molecule has 0 amide bonds. The Bertz CT molecular complexity index is 433. The fraction of sp³-hybridized carbons (Fsp3) is 0.462. The second-order valence-electron chi connectivity index (χ2n) is 4.01. The molecule has 5 heteroatoms. The SMILES string of the molecule is COC(=O)CC(C)Sc1ccc2c(c1)OCCO2. The molecule has 18 heavy (non-hydrogen) atoms. The van der Waals surface area contributed by atoms with Crippen molar-refractivity contribution >= 4 is 17.7 Å². The van der Waals surface area contributed by atoms with Gasteiger partial charge in [0.2, 0.25) is 0 Å². The maximum atomic E-state index is 11.2. The van der Waals surface area contributed by atoms with Gasteiger partial charge >= 0.3 is 5.97 Å². The lowest BCUT2D eigenvalue weighted by Gasteiger charge is -2.19. The van der Waals surface area contributed by atoms with Crippen LogP contribution < -0.4 is 9.47 Å². The lowest BCUT2D eigenvalue weighted by atomic mass is 10.3. The maximum absolute atomic E-state index is 11.2. The zero-order valence-corrected chi connectivity index (χ0v) is 11.3. The van der Waals surface area contributed by atoms with Gasteiger partial charge in [0.15, 0.2) is 11.5 Å². The molecule has 0 N–H and O–H groups in total. The number of esters is 1. The number of thioether (sulfide) groups is 1. The first-order valence-electron chi connectivity index (χ1n) is 5.82. The summed E-state index contributed by atoms with van der Waals surface area (Å²) in [6.07, 6.45) is 0.398. The Hall–Kier alpha value is -1.36. The number of carbonyl (C=O) groups is 1. The highest BCUT2D eigenvalue weighted by Crippen LogP contribution is 2.35. The van der Waals surface area contributed by atoms with Crippen molar-refractivity contribution in [3.8, 4) is 11.5 Å². The molecule has 1 atom stereocenters. The third kappa shape index (κ3) is 3.32. The zero-order chi connectivity index (χ0) is 13.0. The highest BCUT2D eigenvalue weighted by atomic mass is 32.2. The monoisotopic (exact) mass is 268 g/mol. The van der Waals surface area contributed by atoms with Crippen molar-refractivity contribution in [2.24, 2.45) is 0 Å². The quantitative estimate of drug-likeness (QED) is 0.620. The molecule has 1 aromatic carbocycles. The van der Waals surface area contributed by atoms with Crippen LogP contribution in [-0.4, -0.2) is 31.5 Å². The van der Waals surface area contributed by atoms with Crippen molar-refractivity contribution < 1.29 is 19.0 Å². The van der Waals surface area contributed by atoms with Crippen molar-refractivity contribution in [1.29, 1.82) is 0 Å². The highest BCUT2D eigenvalue weighted by Gasteiger charge is 2.15. The molecule has 0 saturated carbocycles. The van der Waals surface area contributed by atoms with Gasteiger partial charge in [-0.15, -0.1) is 11.8 Å². The topological polar surface area (TPSA) is 44.8 Å². The molecule has 1 aliphatic heterocycles. The van der Waals surface area contributed by atoms with Gasteiger partial charge in [0.25, 0.3) is 0 Å². The predicted octanol–water partition coefficient (Wildman–Crippen LogP) is 2.50. The molecule has 1 heterocycles. The molecule has 0 aromatic heterocycles. The molecule has 0 radical (unpaired) electrons. The van der Waals surface area contributed by atoms with Crippen LogP contribution in [0, 0.1) is 0 Å². The average Bonchev–Trinajstić information content (AvgIpc) is 2.38. The van der Waals surface area contributed by atoms with Crippen LogP contribution in [0.2, 0.25) is 0 Å². The maximum Gasteiger partial charge on any atom is 0.306 e. The molecule has 2 rings (SSSR count). The first kappa shape index (κ1) is 13.1. The number of ether oxygens (including phenoxy) is 3. The molecular formula is C13H16O4S. The smallest absolute Gasteiger partial charge is 0.306 e. The minimum atomic E-state index is -0.187. The molecule has 0 fully saturated rings. The van der Waals surface area contributed by atoms with Gasteiger partial charge in [-0.3, -0.25) is 4.79 Å². The number of rotatable bonds is 4. The molecule has 0 aliphatic carbocycles. The first-order chi connectivity index (χ1) is 8.69. The predicted molar refractivity (Wildman–Crippen MR) is 69.4 cm³/mol. The summed E-state index contributed by atoms with van der Waals surface area (Å²) in [6, 6.07) is 5.83. The Morgan fingerprint density at radius 3 is 2.83 bits per heavy atom. The number of hydrogen-bond donors (Lipinski definition) is 0. The number of benzene rings is 1. The summed E-state index contributed by atoms with van der Waals surface area (Å²) in [4.78, 5) is 12.2. The number of fused-ring (bicyclic) bond motifs is 1. The Kier molecular flexibility index (Phi) is 4.36. The van der Waals surface area contributed by atoms with E-state index in [0.29, 0.717) is 19.6 Å². The van der Waals surface area contributed by atoms with E-state index in [1.807, 2.05) is 25.1 Å². The normalized spacial score (nSPS) is 15.0. The van der Waals surface area contributed by atoms with Crippen LogP contribution in [0.25, 0.3) is 0 Å². The molecule has 1 unspecified atom stereocenters. The van der Waals surface area contributed by atoms with Gasteiger partial charge in [0.1, 0.15) is 13.2 Å². The van der Waals surface area contributed by atoms with Crippen molar-refractivity contribution in [1.82, 2.24) is 0 Å². The second kappa shape index (κ2) is 6.00. The fourth-order valence-corrected chi connectivity index (χ4v) is 2.69. The van der Waals surface area contributed by atoms with Gasteiger partial charge in [-0.25, -0.2) is 0 Å². The number of carbonyl (C=O) groups excluding carboxylic acids is 1. The lowest BCUT2D eigenvalue weighted by Crippen LogP contribution is -2.15. The summed E-state index contributed by atoms with van der Waals surface area (Å²) in [6.45, 7) is 3.18. The molecule has 0 spiro atoms. The molecule has 0 saturated heterocycles. The van der Waals surface area contributed by atoms with E-state index in [-0.39, 0.29) is 11.2 Å². The Morgan fingerprint density at radius 1 is 1.39 bits per heavy atom. The van der Waals surface area contributed by atoms with Gasteiger partial charge in [-0.05, 0) is 18.2 Å². The summed E-state index contributed by atoms with van der Waals surface area (Å²) in [7, 11) is 1.41. The van der Waals surface area contributed by atoms with Crippen LogP contribution in [0.3, 0.4) is 0 Å². The minimum Gasteiger partial charge on any atom is -0.486 e. The molecule has 98 valence electrons. The van der Waals surface area contributed by atoms with E-state index in [4.69, 9.17) is 9.47 Å². The van der Waals surface area contributed by atoms with Crippen LogP contribution in [0.1, 0.15) is 13.3 Å². The largest absolute Gasteiger partial charge is 0.486 e. The van der Waals surface area contributed by atoms with E-state index < -0.39 is 0 Å². The summed E-state index contributed by atoms with van der Waals surface area (Å²) in [5.74, 6) is 1.37. The first-order valence-corrected chi connectivity index (χ1v) is 6.70. The summed E-state index contributed by atoms with van der Waals surface area (Å²) in [5.41, 5.74) is 0. The van der Waals surface area contributed by atoms with Crippen molar-refractivity contribution in [3.05, 3.63) is 18.2 Å². The summed E-state index contributed by atoms with van der Waals surface area (Å²) < 4.78 is 15.6. The van der Waals surface area contributed by atoms with Crippen molar-refractivity contribution in [2.45, 2.75) is 23.5 Å². The lowest BCUT2D eigenvalue weighted by molar-refractivity contribution is -0.140. The summed E-state index contributed by atoms with van der Waals surface area (Å²) in [5, 5.41) is 0.167. The van der Waals surface area contributed by atoms with E-state index in [1.165, 1.54) is 7.11 Å². The fourth-order valence-electron chi connectivity index (χ4n) is 1.69. The summed E-state index contributed by atoms with van der Waals surface area (Å²) >= 11 is 1.62. The number of hydrogen-bond acceptors (Lipinski definition) is 5. The Balaban J connectivity index is 1.99. The third-order valence-corrected chi connectivity index (χ3v) is 3.63. The Morgan fingerprint density at radius 2 is 2.11 bits per heavy atom. The van der Waals surface area contributed by atoms with Gasteiger partial charge in [0, 0.05) is 10.1 Å². The van der Waals surface area contributed by atoms with E-state index >= 15 is 0 Å². The third-order valence-electron chi connectivity index (χ3n) is 2.53. The van der Waals surface area contributed by atoms with E-state index in [0.717, 1.165) is 16.4 Å².